The maximum atomic E-state index is 13.6. The lowest BCUT2D eigenvalue weighted by atomic mass is 9.96. The number of anilines is 3. The number of aromatic amines is 1. The van der Waals surface area contributed by atoms with Gasteiger partial charge in [0.2, 0.25) is 0 Å². The number of para-hydroxylation sites is 1. The van der Waals surface area contributed by atoms with E-state index in [1.54, 1.807) is 0 Å². The number of likely N-dealkylation sites (N-methyl/N-ethyl adjacent to an activating group) is 2. The molecule has 0 fully saturated rings. The highest BCUT2D eigenvalue weighted by Gasteiger charge is 2.22. The van der Waals surface area contributed by atoms with Gasteiger partial charge in [-0.1, -0.05) is 38.6 Å². The second kappa shape index (κ2) is 13.7. The van der Waals surface area contributed by atoms with E-state index in [0.717, 1.165) is 58.2 Å². The van der Waals surface area contributed by atoms with E-state index in [1.807, 2.05) is 70.2 Å². The van der Waals surface area contributed by atoms with E-state index in [2.05, 4.69) is 67.5 Å². The maximum Gasteiger partial charge on any atom is 0.251 e. The number of benzene rings is 2. The second-order valence-corrected chi connectivity index (χ2v) is 9.90. The molecule has 2 aromatic carbocycles. The van der Waals surface area contributed by atoms with Crippen molar-refractivity contribution in [2.75, 3.05) is 42.1 Å². The van der Waals surface area contributed by atoms with Gasteiger partial charge in [0.15, 0.2) is 5.65 Å². The van der Waals surface area contributed by atoms with E-state index in [4.69, 9.17) is 5.73 Å². The fourth-order valence-corrected chi connectivity index (χ4v) is 5.07. The Morgan fingerprint density at radius 3 is 2.60 bits per heavy atom. The van der Waals surface area contributed by atoms with E-state index in [1.165, 1.54) is 0 Å². The van der Waals surface area contributed by atoms with Crippen molar-refractivity contribution >= 4 is 45.9 Å². The van der Waals surface area contributed by atoms with Crippen LogP contribution in [-0.2, 0) is 0 Å². The number of nitrogens with one attached hydrogen (secondary N) is 4. The Balaban J connectivity index is 0.00000198. The Morgan fingerprint density at radius 1 is 1.12 bits per heavy atom. The molecule has 6 N–H and O–H groups in total. The number of nitrogen functional groups attached to an aromatic ring is 1. The Morgan fingerprint density at radius 2 is 1.88 bits per heavy atom. The summed E-state index contributed by atoms with van der Waals surface area (Å²) in [6, 6.07) is 17.5. The zero-order valence-corrected chi connectivity index (χ0v) is 25.2. The second-order valence-electron chi connectivity index (χ2n) is 9.90. The van der Waals surface area contributed by atoms with Crippen molar-refractivity contribution in [3.8, 4) is 0 Å². The highest BCUT2D eigenvalue weighted by atomic mass is 16.1. The Labute approximate surface area is 248 Å². The molecule has 0 radical (unpaired) electrons. The van der Waals surface area contributed by atoms with Crippen molar-refractivity contribution in [3.05, 3.63) is 89.4 Å². The van der Waals surface area contributed by atoms with Crippen molar-refractivity contribution in [2.24, 2.45) is 0 Å². The van der Waals surface area contributed by atoms with E-state index in [9.17, 15) is 4.79 Å². The summed E-state index contributed by atoms with van der Waals surface area (Å²) in [4.78, 5) is 27.9. The molecule has 1 unspecified atom stereocenters. The quantitative estimate of drug-likeness (QED) is 0.170. The first-order chi connectivity index (χ1) is 20.4. The number of pyridine rings is 1. The zero-order chi connectivity index (χ0) is 30.2. The Kier molecular flexibility index (Phi) is 9.85. The molecule has 4 aromatic rings. The predicted octanol–water partition coefficient (Wildman–Crippen LogP) is 5.59. The number of hydrogen-bond acceptors (Lipinski definition) is 7. The molecule has 1 atom stereocenters. The number of rotatable bonds is 10. The average Bonchev–Trinajstić information content (AvgIpc) is 3.39. The highest BCUT2D eigenvalue weighted by molar-refractivity contribution is 6.01. The third-order valence-corrected chi connectivity index (χ3v) is 7.09. The van der Waals surface area contributed by atoms with Gasteiger partial charge >= 0.3 is 0 Å². The molecule has 2 aromatic heterocycles. The summed E-state index contributed by atoms with van der Waals surface area (Å²) in [7, 11) is 0. The summed E-state index contributed by atoms with van der Waals surface area (Å²) >= 11 is 0. The van der Waals surface area contributed by atoms with Crippen LogP contribution in [-0.4, -0.2) is 53.1 Å². The molecule has 0 aliphatic carbocycles. The summed E-state index contributed by atoms with van der Waals surface area (Å²) in [5, 5.41) is 9.98. The lowest BCUT2D eigenvalue weighted by Crippen LogP contribution is -2.47. The minimum Gasteiger partial charge on any atom is -0.387 e. The molecule has 1 amide bonds. The smallest absolute Gasteiger partial charge is 0.251 e. The number of H-pyrrole nitrogens is 1. The largest absolute Gasteiger partial charge is 0.387 e. The van der Waals surface area contributed by atoms with E-state index < -0.39 is 0 Å². The van der Waals surface area contributed by atoms with Crippen LogP contribution in [0.25, 0.3) is 22.8 Å². The molecule has 9 heteroatoms. The number of hydrogen-bond donors (Lipinski definition) is 5. The SMILES string of the molecule is C=C(NCC)C(CN(CC)c1ccccc1)NC(=O)c1ccc2c(c1)C=C(c1cc(N)nc3nc(C)[nH]c13)CN2.CC. The van der Waals surface area contributed by atoms with E-state index in [0.29, 0.717) is 30.1 Å². The number of nitrogens with two attached hydrogens (primary N) is 1. The molecule has 0 saturated carbocycles. The molecule has 9 nitrogen and oxygen atoms in total. The zero-order valence-electron chi connectivity index (χ0n) is 25.2. The fraction of sp³-hybridized carbons (Fsp3) is 0.303. The van der Waals surface area contributed by atoms with Crippen LogP contribution in [0.2, 0.25) is 0 Å². The third kappa shape index (κ3) is 6.74. The number of carbonyl (C=O) groups excluding carboxylic acids is 1. The van der Waals surface area contributed by atoms with Crippen LogP contribution in [0.3, 0.4) is 0 Å². The molecule has 1 aliphatic heterocycles. The van der Waals surface area contributed by atoms with Gasteiger partial charge in [-0.2, -0.15) is 0 Å². The van der Waals surface area contributed by atoms with Gasteiger partial charge in [0.05, 0.1) is 11.6 Å². The number of amides is 1. The van der Waals surface area contributed by atoms with Crippen molar-refractivity contribution in [3.63, 3.8) is 0 Å². The van der Waals surface area contributed by atoms with Crippen molar-refractivity contribution in [1.29, 1.82) is 0 Å². The third-order valence-electron chi connectivity index (χ3n) is 7.09. The number of aryl methyl sites for hydroxylation is 1. The number of aromatic nitrogens is 3. The van der Waals surface area contributed by atoms with E-state index in [-0.39, 0.29) is 11.9 Å². The van der Waals surface area contributed by atoms with Crippen molar-refractivity contribution < 1.29 is 4.79 Å². The molecular weight excluding hydrogens is 524 g/mol. The minimum absolute atomic E-state index is 0.156. The van der Waals surface area contributed by atoms with Gasteiger partial charge < -0.3 is 31.6 Å². The van der Waals surface area contributed by atoms with Gasteiger partial charge in [-0.3, -0.25) is 4.79 Å². The standard InChI is InChI=1S/C31H36N8O.C2H6/c1-5-33-19(3)27(18-39(6-2)24-10-8-7-9-11-24)37-31(40)21-12-13-26-22(14-21)15-23(17-34-26)25-16-28(32)38-30-29(25)35-20(4)36-30;1-2/h7-16,27,33-34H,3,5-6,17-18H2,1-2,4H3,(H,37,40)(H3,32,35,36,38);1-2H3. The maximum absolute atomic E-state index is 13.6. The van der Waals surface area contributed by atoms with Crippen LogP contribution in [0, 0.1) is 6.92 Å². The molecule has 5 rings (SSSR count). The van der Waals surface area contributed by atoms with Crippen LogP contribution < -0.4 is 26.6 Å². The first-order valence-electron chi connectivity index (χ1n) is 14.6. The van der Waals surface area contributed by atoms with Crippen LogP contribution in [0.4, 0.5) is 17.2 Å². The number of fused-ring (bicyclic) bond motifs is 2. The van der Waals surface area contributed by atoms with E-state index >= 15 is 0 Å². The van der Waals surface area contributed by atoms with Crippen LogP contribution in [0.5, 0.6) is 0 Å². The van der Waals surface area contributed by atoms with Gasteiger partial charge in [0.25, 0.3) is 5.91 Å². The van der Waals surface area contributed by atoms with Crippen molar-refractivity contribution in [1.82, 2.24) is 25.6 Å². The van der Waals surface area contributed by atoms with Gasteiger partial charge in [0.1, 0.15) is 11.6 Å². The molecule has 0 saturated heterocycles. The molecule has 0 spiro atoms. The minimum atomic E-state index is -0.287. The van der Waals surface area contributed by atoms with Crippen LogP contribution >= 0.6 is 0 Å². The summed E-state index contributed by atoms with van der Waals surface area (Å²) < 4.78 is 0. The van der Waals surface area contributed by atoms with Gasteiger partial charge in [0, 0.05) is 54.4 Å². The number of carbonyl (C=O) groups is 1. The summed E-state index contributed by atoms with van der Waals surface area (Å²) in [5.74, 6) is 1.04. The van der Waals surface area contributed by atoms with Gasteiger partial charge in [-0.25, -0.2) is 9.97 Å². The molecule has 0 bridgehead atoms. The lowest BCUT2D eigenvalue weighted by Gasteiger charge is -2.30. The topological polar surface area (TPSA) is 124 Å². The fourth-order valence-electron chi connectivity index (χ4n) is 5.07. The summed E-state index contributed by atoms with van der Waals surface area (Å²) in [5.41, 5.74) is 13.9. The summed E-state index contributed by atoms with van der Waals surface area (Å²) in [6.07, 6.45) is 2.09. The lowest BCUT2D eigenvalue weighted by molar-refractivity contribution is 0.0942. The Bertz CT molecular complexity index is 1570. The monoisotopic (exact) mass is 566 g/mol. The molecular formula is C33H42N8O. The highest BCUT2D eigenvalue weighted by Crippen LogP contribution is 2.32. The number of nitrogens with zero attached hydrogens (tertiary/aromatic N) is 3. The first-order valence-corrected chi connectivity index (χ1v) is 14.6. The summed E-state index contributed by atoms with van der Waals surface area (Å²) in [6.45, 7) is 17.0. The molecule has 42 heavy (non-hydrogen) atoms. The normalized spacial score (nSPS) is 12.6. The van der Waals surface area contributed by atoms with Gasteiger partial charge in [-0.05, 0) is 74.4 Å². The molecule has 220 valence electrons. The molecule has 3 heterocycles. The van der Waals surface area contributed by atoms with Crippen molar-refractivity contribution in [2.45, 2.75) is 40.7 Å². The molecule has 1 aliphatic rings. The van der Waals surface area contributed by atoms with Crippen LogP contribution in [0.1, 0.15) is 55.0 Å². The van der Waals surface area contributed by atoms with Gasteiger partial charge in [-0.15, -0.1) is 0 Å². The Hall–Kier alpha value is -4.79. The predicted molar refractivity (Wildman–Crippen MR) is 176 cm³/mol. The number of imidazole rings is 1. The average molecular weight is 567 g/mol. The first kappa shape index (κ1) is 30.2. The van der Waals surface area contributed by atoms with Crippen LogP contribution in [0.15, 0.2) is 66.9 Å².